The molecule has 1 aliphatic heterocycles. The standard InChI is InChI=1S/C16H14ClN3OS/c17-14-3-1-2-13(10-14)4-5-16(21)20-8-6-19(7-9-20)15-11-22-12-18-15/h1-3,10-12H,6-9H2. The third kappa shape index (κ3) is 3.59. The molecule has 0 aliphatic carbocycles. The van der Waals surface area contributed by atoms with Crippen molar-refractivity contribution >= 4 is 34.7 Å². The Labute approximate surface area is 138 Å². The molecule has 1 fully saturated rings. The van der Waals surface area contributed by atoms with Crippen LogP contribution in [0.4, 0.5) is 5.82 Å². The average Bonchev–Trinajstić information content (AvgIpc) is 3.07. The van der Waals surface area contributed by atoms with E-state index in [4.69, 9.17) is 11.6 Å². The number of hydrogen-bond acceptors (Lipinski definition) is 4. The number of hydrogen-bond donors (Lipinski definition) is 0. The highest BCUT2D eigenvalue weighted by molar-refractivity contribution is 7.07. The van der Waals surface area contributed by atoms with Gasteiger partial charge in [-0.15, -0.1) is 11.3 Å². The minimum atomic E-state index is -0.141. The third-order valence-electron chi connectivity index (χ3n) is 3.45. The van der Waals surface area contributed by atoms with Crippen molar-refractivity contribution < 1.29 is 4.79 Å². The number of nitrogens with zero attached hydrogens (tertiary/aromatic N) is 3. The van der Waals surface area contributed by atoms with Gasteiger partial charge in [0.2, 0.25) is 0 Å². The normalized spacial score (nSPS) is 14.4. The summed E-state index contributed by atoms with van der Waals surface area (Å²) in [7, 11) is 0. The summed E-state index contributed by atoms with van der Waals surface area (Å²) in [6.45, 7) is 2.91. The molecule has 0 N–H and O–H groups in total. The molecule has 0 spiro atoms. The van der Waals surface area contributed by atoms with Gasteiger partial charge < -0.3 is 9.80 Å². The molecule has 4 nitrogen and oxygen atoms in total. The molecule has 1 saturated heterocycles. The van der Waals surface area contributed by atoms with Crippen molar-refractivity contribution in [3.8, 4) is 11.8 Å². The summed E-state index contributed by atoms with van der Waals surface area (Å²) in [5.74, 6) is 6.41. The van der Waals surface area contributed by atoms with Crippen LogP contribution in [-0.4, -0.2) is 42.0 Å². The van der Waals surface area contributed by atoms with Crippen molar-refractivity contribution in [2.24, 2.45) is 0 Å². The zero-order chi connectivity index (χ0) is 15.4. The first kappa shape index (κ1) is 14.9. The lowest BCUT2D eigenvalue weighted by Crippen LogP contribution is -2.48. The van der Waals surface area contributed by atoms with Gasteiger partial charge >= 0.3 is 0 Å². The van der Waals surface area contributed by atoms with Crippen LogP contribution in [0.1, 0.15) is 5.56 Å². The first-order chi connectivity index (χ1) is 10.7. The van der Waals surface area contributed by atoms with Crippen LogP contribution in [0.3, 0.4) is 0 Å². The molecule has 0 bridgehead atoms. The molecule has 1 aromatic carbocycles. The van der Waals surface area contributed by atoms with Gasteiger partial charge in [-0.05, 0) is 18.2 Å². The fraction of sp³-hybridized carbons (Fsp3) is 0.250. The van der Waals surface area contributed by atoms with Gasteiger partial charge in [0.05, 0.1) is 5.51 Å². The predicted molar refractivity (Wildman–Crippen MR) is 89.2 cm³/mol. The van der Waals surface area contributed by atoms with E-state index >= 15 is 0 Å². The SMILES string of the molecule is O=C(C#Cc1cccc(Cl)c1)N1CCN(c2cscn2)CC1. The second-order valence-electron chi connectivity index (χ2n) is 4.89. The lowest BCUT2D eigenvalue weighted by Gasteiger charge is -2.33. The second-order valence-corrected chi connectivity index (χ2v) is 6.04. The van der Waals surface area contributed by atoms with Gasteiger partial charge in [0.15, 0.2) is 0 Å². The number of carbonyl (C=O) groups excluding carboxylic acids is 1. The van der Waals surface area contributed by atoms with Gasteiger partial charge in [-0.1, -0.05) is 23.6 Å². The Kier molecular flexibility index (Phi) is 4.62. The molecule has 0 unspecified atom stereocenters. The molecular weight excluding hydrogens is 318 g/mol. The maximum Gasteiger partial charge on any atom is 0.298 e. The van der Waals surface area contributed by atoms with E-state index < -0.39 is 0 Å². The van der Waals surface area contributed by atoms with E-state index in [0.717, 1.165) is 24.5 Å². The largest absolute Gasteiger partial charge is 0.352 e. The molecule has 2 aromatic rings. The van der Waals surface area contributed by atoms with E-state index in [9.17, 15) is 4.79 Å². The van der Waals surface area contributed by atoms with E-state index in [2.05, 4.69) is 21.7 Å². The number of carbonyl (C=O) groups is 1. The van der Waals surface area contributed by atoms with E-state index in [1.54, 1.807) is 28.4 Å². The number of piperazine rings is 1. The molecule has 0 radical (unpaired) electrons. The lowest BCUT2D eigenvalue weighted by molar-refractivity contribution is -0.125. The van der Waals surface area contributed by atoms with Crippen molar-refractivity contribution in [1.82, 2.24) is 9.88 Å². The van der Waals surface area contributed by atoms with E-state index in [0.29, 0.717) is 18.1 Å². The Morgan fingerprint density at radius 1 is 1.27 bits per heavy atom. The smallest absolute Gasteiger partial charge is 0.298 e. The third-order valence-corrected chi connectivity index (χ3v) is 4.26. The van der Waals surface area contributed by atoms with E-state index in [-0.39, 0.29) is 5.91 Å². The van der Waals surface area contributed by atoms with Crippen LogP contribution >= 0.6 is 22.9 Å². The molecule has 22 heavy (non-hydrogen) atoms. The van der Waals surface area contributed by atoms with Gasteiger partial charge in [-0.2, -0.15) is 0 Å². The predicted octanol–water partition coefficient (Wildman–Crippen LogP) is 2.50. The minimum absolute atomic E-state index is 0.141. The molecule has 0 atom stereocenters. The molecule has 2 heterocycles. The molecule has 0 saturated carbocycles. The molecule has 1 aliphatic rings. The topological polar surface area (TPSA) is 36.4 Å². The number of aromatic nitrogens is 1. The summed E-state index contributed by atoms with van der Waals surface area (Å²) in [5.41, 5.74) is 2.57. The quantitative estimate of drug-likeness (QED) is 0.753. The van der Waals surface area contributed by atoms with Crippen molar-refractivity contribution in [3.63, 3.8) is 0 Å². The first-order valence-corrected chi connectivity index (χ1v) is 8.24. The molecular formula is C16H14ClN3OS. The monoisotopic (exact) mass is 331 g/mol. The average molecular weight is 332 g/mol. The minimum Gasteiger partial charge on any atom is -0.352 e. The van der Waals surface area contributed by atoms with Gasteiger partial charge in [-0.3, -0.25) is 4.79 Å². The summed E-state index contributed by atoms with van der Waals surface area (Å²) < 4.78 is 0. The fourth-order valence-electron chi connectivity index (χ4n) is 2.27. The summed E-state index contributed by atoms with van der Waals surface area (Å²) in [6.07, 6.45) is 0. The van der Waals surface area contributed by atoms with Crippen LogP contribution in [0.25, 0.3) is 0 Å². The van der Waals surface area contributed by atoms with Crippen LogP contribution in [0.15, 0.2) is 35.2 Å². The van der Waals surface area contributed by atoms with Crippen LogP contribution in [0.2, 0.25) is 5.02 Å². The molecule has 112 valence electrons. The summed E-state index contributed by atoms with van der Waals surface area (Å²) in [6, 6.07) is 7.20. The Morgan fingerprint density at radius 3 is 2.77 bits per heavy atom. The molecule has 3 rings (SSSR count). The maximum atomic E-state index is 12.1. The molecule has 1 amide bonds. The lowest BCUT2D eigenvalue weighted by atomic mass is 10.2. The zero-order valence-electron chi connectivity index (χ0n) is 11.8. The molecule has 1 aromatic heterocycles. The number of thiazole rings is 1. The van der Waals surface area contributed by atoms with Crippen LogP contribution in [0, 0.1) is 11.8 Å². The Bertz CT molecular complexity index is 712. The van der Waals surface area contributed by atoms with E-state index in [1.165, 1.54) is 0 Å². The zero-order valence-corrected chi connectivity index (χ0v) is 13.4. The number of amides is 1. The van der Waals surface area contributed by atoms with Gasteiger partial charge in [0.25, 0.3) is 5.91 Å². The van der Waals surface area contributed by atoms with Crippen LogP contribution < -0.4 is 4.90 Å². The Balaban J connectivity index is 1.59. The Morgan fingerprint density at radius 2 is 2.09 bits per heavy atom. The van der Waals surface area contributed by atoms with Gasteiger partial charge in [-0.25, -0.2) is 4.98 Å². The highest BCUT2D eigenvalue weighted by Gasteiger charge is 2.20. The highest BCUT2D eigenvalue weighted by Crippen LogP contribution is 2.16. The van der Waals surface area contributed by atoms with Crippen LogP contribution in [-0.2, 0) is 4.79 Å². The fourth-order valence-corrected chi connectivity index (χ4v) is 3.02. The number of benzene rings is 1. The van der Waals surface area contributed by atoms with Crippen molar-refractivity contribution in [3.05, 3.63) is 45.7 Å². The molecule has 6 heteroatoms. The second kappa shape index (κ2) is 6.82. The van der Waals surface area contributed by atoms with Gasteiger partial charge in [0.1, 0.15) is 5.82 Å². The van der Waals surface area contributed by atoms with Crippen molar-refractivity contribution in [1.29, 1.82) is 0 Å². The van der Waals surface area contributed by atoms with Crippen molar-refractivity contribution in [2.45, 2.75) is 0 Å². The van der Waals surface area contributed by atoms with Gasteiger partial charge in [0, 0.05) is 48.1 Å². The Hall–Kier alpha value is -2.03. The summed E-state index contributed by atoms with van der Waals surface area (Å²) in [4.78, 5) is 20.4. The first-order valence-electron chi connectivity index (χ1n) is 6.92. The maximum absolute atomic E-state index is 12.1. The van der Waals surface area contributed by atoms with E-state index in [1.807, 2.05) is 23.0 Å². The van der Waals surface area contributed by atoms with Crippen molar-refractivity contribution in [2.75, 3.05) is 31.1 Å². The van der Waals surface area contributed by atoms with Crippen LogP contribution in [0.5, 0.6) is 0 Å². The summed E-state index contributed by atoms with van der Waals surface area (Å²) in [5, 5.41) is 2.65. The summed E-state index contributed by atoms with van der Waals surface area (Å²) >= 11 is 7.48. The number of halogens is 1. The number of anilines is 1. The number of rotatable bonds is 1. The highest BCUT2D eigenvalue weighted by atomic mass is 35.5.